The highest BCUT2D eigenvalue weighted by molar-refractivity contribution is 6.30. The number of aromatic nitrogens is 2. The lowest BCUT2D eigenvalue weighted by molar-refractivity contribution is -0.141. The van der Waals surface area contributed by atoms with Crippen molar-refractivity contribution in [2.24, 2.45) is 0 Å². The van der Waals surface area contributed by atoms with E-state index in [9.17, 15) is 9.59 Å². The number of hydrogen-bond donors (Lipinski definition) is 1. The third-order valence-electron chi connectivity index (χ3n) is 4.12. The fourth-order valence-corrected chi connectivity index (χ4v) is 3.06. The van der Waals surface area contributed by atoms with E-state index in [-0.39, 0.29) is 18.9 Å². The van der Waals surface area contributed by atoms with Gasteiger partial charge in [-0.05, 0) is 25.1 Å². The minimum absolute atomic E-state index is 0.120. The van der Waals surface area contributed by atoms with Gasteiger partial charge in [-0.2, -0.15) is 5.10 Å². The number of rotatable bonds is 4. The Morgan fingerprint density at radius 3 is 2.96 bits per heavy atom. The molecule has 2 aromatic rings. The van der Waals surface area contributed by atoms with Gasteiger partial charge < -0.3 is 14.7 Å². The number of amides is 1. The molecule has 25 heavy (non-hydrogen) atoms. The second-order valence-corrected chi connectivity index (χ2v) is 6.31. The number of hydrogen-bond acceptors (Lipinski definition) is 4. The van der Waals surface area contributed by atoms with E-state index in [4.69, 9.17) is 21.4 Å². The van der Waals surface area contributed by atoms with Crippen LogP contribution in [0.3, 0.4) is 0 Å². The molecule has 1 saturated heterocycles. The van der Waals surface area contributed by atoms with Crippen molar-refractivity contribution in [3.63, 3.8) is 0 Å². The van der Waals surface area contributed by atoms with Gasteiger partial charge in [-0.3, -0.25) is 9.59 Å². The van der Waals surface area contributed by atoms with E-state index >= 15 is 0 Å². The first-order chi connectivity index (χ1) is 12.0. The molecule has 1 aromatic heterocycles. The summed E-state index contributed by atoms with van der Waals surface area (Å²) in [5, 5.41) is 13.8. The molecule has 2 heterocycles. The molecule has 1 fully saturated rings. The zero-order valence-corrected chi connectivity index (χ0v) is 14.4. The van der Waals surface area contributed by atoms with Crippen LogP contribution in [0.2, 0.25) is 5.02 Å². The Kier molecular flexibility index (Phi) is 5.06. The van der Waals surface area contributed by atoms with Crippen LogP contribution in [-0.2, 0) is 9.53 Å². The molecule has 0 spiro atoms. The van der Waals surface area contributed by atoms with E-state index in [1.807, 2.05) is 19.1 Å². The molecular weight excluding hydrogens is 346 g/mol. The van der Waals surface area contributed by atoms with Crippen LogP contribution in [-0.4, -0.2) is 57.5 Å². The van der Waals surface area contributed by atoms with Gasteiger partial charge in [0.05, 0.1) is 42.3 Å². The SMILES string of the molecule is Cc1c(C(=O)N2CCO[C@H](CC(=O)O)C2)cnn1-c1cccc(Cl)c1. The number of carboxylic acid groups (broad SMARTS) is 1. The van der Waals surface area contributed by atoms with Crippen molar-refractivity contribution in [1.82, 2.24) is 14.7 Å². The molecule has 1 aliphatic heterocycles. The van der Waals surface area contributed by atoms with Gasteiger partial charge >= 0.3 is 5.97 Å². The smallest absolute Gasteiger partial charge is 0.306 e. The number of aliphatic carboxylic acids is 1. The topological polar surface area (TPSA) is 84.7 Å². The van der Waals surface area contributed by atoms with Crippen molar-refractivity contribution in [2.45, 2.75) is 19.4 Å². The fourth-order valence-electron chi connectivity index (χ4n) is 2.88. The lowest BCUT2D eigenvalue weighted by Gasteiger charge is -2.32. The lowest BCUT2D eigenvalue weighted by Crippen LogP contribution is -2.46. The number of morpholine rings is 1. The Morgan fingerprint density at radius 2 is 2.24 bits per heavy atom. The summed E-state index contributed by atoms with van der Waals surface area (Å²) in [6, 6.07) is 7.22. The number of carbonyl (C=O) groups is 2. The maximum absolute atomic E-state index is 12.8. The number of ether oxygens (including phenoxy) is 1. The summed E-state index contributed by atoms with van der Waals surface area (Å²) >= 11 is 6.02. The molecule has 0 aliphatic carbocycles. The maximum atomic E-state index is 12.8. The maximum Gasteiger partial charge on any atom is 0.306 e. The van der Waals surface area contributed by atoms with Crippen LogP contribution >= 0.6 is 11.6 Å². The normalized spacial score (nSPS) is 17.5. The molecule has 0 unspecified atom stereocenters. The van der Waals surface area contributed by atoms with Crippen LogP contribution < -0.4 is 0 Å². The van der Waals surface area contributed by atoms with E-state index < -0.39 is 12.1 Å². The van der Waals surface area contributed by atoms with Crippen molar-refractivity contribution < 1.29 is 19.4 Å². The highest BCUT2D eigenvalue weighted by Crippen LogP contribution is 2.20. The summed E-state index contributed by atoms with van der Waals surface area (Å²) in [7, 11) is 0. The molecule has 1 N–H and O–H groups in total. The van der Waals surface area contributed by atoms with Gasteiger partial charge in [0.1, 0.15) is 0 Å². The molecule has 132 valence electrons. The zero-order valence-electron chi connectivity index (χ0n) is 13.7. The van der Waals surface area contributed by atoms with Gasteiger partial charge in [0, 0.05) is 18.1 Å². The number of benzene rings is 1. The lowest BCUT2D eigenvalue weighted by atomic mass is 10.1. The molecule has 8 heteroatoms. The Labute approximate surface area is 149 Å². The summed E-state index contributed by atoms with van der Waals surface area (Å²) in [5.41, 5.74) is 1.96. The van der Waals surface area contributed by atoms with E-state index in [1.165, 1.54) is 6.20 Å². The molecule has 0 saturated carbocycles. The molecule has 1 atom stereocenters. The van der Waals surface area contributed by atoms with Gasteiger partial charge in [0.2, 0.25) is 0 Å². The summed E-state index contributed by atoms with van der Waals surface area (Å²) in [5.74, 6) is -1.12. The first kappa shape index (κ1) is 17.4. The van der Waals surface area contributed by atoms with E-state index in [0.717, 1.165) is 5.69 Å². The summed E-state index contributed by atoms with van der Waals surface area (Å²) in [4.78, 5) is 25.3. The first-order valence-corrected chi connectivity index (χ1v) is 8.26. The van der Waals surface area contributed by atoms with Crippen molar-refractivity contribution in [2.75, 3.05) is 19.7 Å². The van der Waals surface area contributed by atoms with Gasteiger partial charge in [0.15, 0.2) is 0 Å². The number of carbonyl (C=O) groups excluding carboxylic acids is 1. The molecule has 3 rings (SSSR count). The van der Waals surface area contributed by atoms with Crippen LogP contribution in [0.5, 0.6) is 0 Å². The first-order valence-electron chi connectivity index (χ1n) is 7.89. The third-order valence-corrected chi connectivity index (χ3v) is 4.36. The highest BCUT2D eigenvalue weighted by atomic mass is 35.5. The van der Waals surface area contributed by atoms with Crippen molar-refractivity contribution >= 4 is 23.5 Å². The number of nitrogens with zero attached hydrogens (tertiary/aromatic N) is 3. The Balaban J connectivity index is 1.80. The Hall–Kier alpha value is -2.38. The predicted octanol–water partition coefficient (Wildman–Crippen LogP) is 2.15. The summed E-state index contributed by atoms with van der Waals surface area (Å²) in [6.07, 6.45) is 0.920. The summed E-state index contributed by atoms with van der Waals surface area (Å²) < 4.78 is 7.07. The van der Waals surface area contributed by atoms with Gasteiger partial charge in [0.25, 0.3) is 5.91 Å². The molecule has 7 nitrogen and oxygen atoms in total. The highest BCUT2D eigenvalue weighted by Gasteiger charge is 2.28. The monoisotopic (exact) mass is 363 g/mol. The average molecular weight is 364 g/mol. The predicted molar refractivity (Wildman–Crippen MR) is 91.2 cm³/mol. The fraction of sp³-hybridized carbons (Fsp3) is 0.353. The Morgan fingerprint density at radius 1 is 1.44 bits per heavy atom. The molecule has 1 amide bonds. The molecule has 0 radical (unpaired) electrons. The van der Waals surface area contributed by atoms with E-state index in [0.29, 0.717) is 29.4 Å². The van der Waals surface area contributed by atoms with Crippen molar-refractivity contribution in [1.29, 1.82) is 0 Å². The van der Waals surface area contributed by atoms with Gasteiger partial charge in [-0.1, -0.05) is 17.7 Å². The molecule has 0 bridgehead atoms. The molecule has 1 aliphatic rings. The quantitative estimate of drug-likeness (QED) is 0.899. The number of carboxylic acids is 1. The largest absolute Gasteiger partial charge is 0.481 e. The van der Waals surface area contributed by atoms with Crippen LogP contribution in [0.1, 0.15) is 22.5 Å². The third kappa shape index (κ3) is 3.83. The van der Waals surface area contributed by atoms with Crippen molar-refractivity contribution in [3.05, 3.63) is 46.7 Å². The van der Waals surface area contributed by atoms with E-state index in [1.54, 1.807) is 21.7 Å². The van der Waals surface area contributed by atoms with Crippen LogP contribution in [0.4, 0.5) is 0 Å². The average Bonchev–Trinajstić information content (AvgIpc) is 2.95. The van der Waals surface area contributed by atoms with Crippen molar-refractivity contribution in [3.8, 4) is 5.69 Å². The van der Waals surface area contributed by atoms with Crippen LogP contribution in [0.15, 0.2) is 30.5 Å². The van der Waals surface area contributed by atoms with Crippen LogP contribution in [0.25, 0.3) is 5.69 Å². The van der Waals surface area contributed by atoms with Crippen LogP contribution in [0, 0.1) is 6.92 Å². The zero-order chi connectivity index (χ0) is 18.0. The van der Waals surface area contributed by atoms with Gasteiger partial charge in [-0.25, -0.2) is 4.68 Å². The minimum Gasteiger partial charge on any atom is -0.481 e. The van der Waals surface area contributed by atoms with Gasteiger partial charge in [-0.15, -0.1) is 0 Å². The minimum atomic E-state index is -0.941. The summed E-state index contributed by atoms with van der Waals surface area (Å²) in [6.45, 7) is 2.82. The molecular formula is C17H18ClN3O4. The van der Waals surface area contributed by atoms with E-state index in [2.05, 4.69) is 5.10 Å². The second-order valence-electron chi connectivity index (χ2n) is 5.88. The Bertz CT molecular complexity index is 805. The second kappa shape index (κ2) is 7.25. The molecule has 1 aromatic carbocycles. The number of halogens is 1. The standard InChI is InChI=1S/C17H18ClN3O4/c1-11-15(9-19-21(11)13-4-2-3-12(18)7-13)17(24)20-5-6-25-14(10-20)8-16(22)23/h2-4,7,9,14H,5-6,8,10H2,1H3,(H,22,23)/t14-/m1/s1.